The molecule has 60 heavy (non-hydrogen) atoms. The van der Waals surface area contributed by atoms with Crippen LogP contribution in [0.2, 0.25) is 0 Å². The zero-order valence-electron chi connectivity index (χ0n) is 34.6. The summed E-state index contributed by atoms with van der Waals surface area (Å²) in [6.45, 7) is 2.38. The van der Waals surface area contributed by atoms with E-state index in [4.69, 9.17) is 0 Å². The molecule has 8 aromatic rings. The van der Waals surface area contributed by atoms with Crippen LogP contribution >= 0.6 is 10.0 Å². The third-order valence-electron chi connectivity index (χ3n) is 14.3. The first-order valence-corrected chi connectivity index (χ1v) is 24.2. The van der Waals surface area contributed by atoms with Crippen molar-refractivity contribution in [2.75, 3.05) is 12.5 Å². The molecular formula is C59H48S. The van der Waals surface area contributed by atoms with E-state index in [0.29, 0.717) is 11.8 Å². The Bertz CT molecular complexity index is 3220. The average molecular weight is 789 g/mol. The second-order valence-corrected chi connectivity index (χ2v) is 21.4. The predicted molar refractivity (Wildman–Crippen MR) is 260 cm³/mol. The molecule has 0 N–H and O–H groups in total. The largest absolute Gasteiger partial charge is 0.192 e. The van der Waals surface area contributed by atoms with Crippen molar-refractivity contribution >= 4 is 48.4 Å². The van der Waals surface area contributed by atoms with Gasteiger partial charge in [-0.05, 0) is 167 Å². The summed E-state index contributed by atoms with van der Waals surface area (Å²) in [7, 11) is -1.22. The molecule has 0 spiro atoms. The fourth-order valence-electron chi connectivity index (χ4n) is 11.2. The second-order valence-electron chi connectivity index (χ2n) is 17.9. The summed E-state index contributed by atoms with van der Waals surface area (Å²) < 4.78 is 0. The van der Waals surface area contributed by atoms with Crippen molar-refractivity contribution in [3.8, 4) is 33.4 Å². The first-order chi connectivity index (χ1) is 29.4. The Balaban J connectivity index is 1.11. The van der Waals surface area contributed by atoms with E-state index in [1.54, 1.807) is 0 Å². The van der Waals surface area contributed by atoms with Gasteiger partial charge in [-0.25, -0.2) is 0 Å². The maximum Gasteiger partial charge on any atom is 0.00876 e. The van der Waals surface area contributed by atoms with Gasteiger partial charge in [0.25, 0.3) is 0 Å². The second kappa shape index (κ2) is 13.7. The van der Waals surface area contributed by atoms with Gasteiger partial charge in [0, 0.05) is 21.6 Å². The molecule has 1 heterocycles. The van der Waals surface area contributed by atoms with Gasteiger partial charge in [-0.2, -0.15) is 10.0 Å². The van der Waals surface area contributed by atoms with E-state index in [1.165, 1.54) is 109 Å². The summed E-state index contributed by atoms with van der Waals surface area (Å²) in [6, 6.07) is 56.1. The first kappa shape index (κ1) is 35.8. The zero-order chi connectivity index (χ0) is 40.1. The lowest BCUT2D eigenvalue weighted by atomic mass is 9.76. The Labute approximate surface area is 355 Å². The van der Waals surface area contributed by atoms with Gasteiger partial charge in [0.2, 0.25) is 0 Å². The molecule has 8 aromatic carbocycles. The Morgan fingerprint density at radius 3 is 2.25 bits per heavy atom. The highest BCUT2D eigenvalue weighted by molar-refractivity contribution is 8.33. The van der Waals surface area contributed by atoms with Gasteiger partial charge in [-0.15, -0.1) is 0 Å². The molecule has 3 aliphatic carbocycles. The van der Waals surface area contributed by atoms with Crippen molar-refractivity contribution in [2.45, 2.75) is 53.7 Å². The summed E-state index contributed by atoms with van der Waals surface area (Å²) in [5.41, 5.74) is 16.5. The third-order valence-corrected chi connectivity index (χ3v) is 17.2. The Kier molecular flexibility index (Phi) is 8.16. The number of hydrogen-bond donors (Lipinski definition) is 0. The molecule has 0 amide bonds. The van der Waals surface area contributed by atoms with Crippen molar-refractivity contribution in [1.29, 1.82) is 0 Å². The molecule has 1 heteroatoms. The predicted octanol–water partition coefficient (Wildman–Crippen LogP) is 16.5. The van der Waals surface area contributed by atoms with Crippen LogP contribution < -0.4 is 0 Å². The molecule has 0 radical (unpaired) electrons. The topological polar surface area (TPSA) is 0 Å². The van der Waals surface area contributed by atoms with Crippen LogP contribution in [0.3, 0.4) is 0 Å². The Hall–Kier alpha value is -6.15. The normalized spacial score (nSPS) is 20.3. The van der Waals surface area contributed by atoms with Gasteiger partial charge in [0.15, 0.2) is 0 Å². The third kappa shape index (κ3) is 5.52. The molecule has 4 aliphatic rings. The van der Waals surface area contributed by atoms with E-state index in [1.807, 2.05) is 0 Å². The van der Waals surface area contributed by atoms with Gasteiger partial charge in [-0.3, -0.25) is 0 Å². The highest BCUT2D eigenvalue weighted by atomic mass is 32.3. The lowest BCUT2D eigenvalue weighted by Gasteiger charge is -2.30. The van der Waals surface area contributed by atoms with Gasteiger partial charge in [-0.1, -0.05) is 159 Å². The molecule has 0 fully saturated rings. The molecule has 0 saturated carbocycles. The first-order valence-electron chi connectivity index (χ1n) is 21.8. The molecule has 290 valence electrons. The van der Waals surface area contributed by atoms with Gasteiger partial charge >= 0.3 is 0 Å². The van der Waals surface area contributed by atoms with Crippen LogP contribution in [-0.4, -0.2) is 12.5 Å². The number of fused-ring (bicyclic) bond motifs is 8. The molecule has 0 bridgehead atoms. The monoisotopic (exact) mass is 788 g/mol. The quantitative estimate of drug-likeness (QED) is 0.156. The van der Waals surface area contributed by atoms with Crippen molar-refractivity contribution in [3.63, 3.8) is 0 Å². The van der Waals surface area contributed by atoms with E-state index < -0.39 is 10.0 Å². The minimum Gasteiger partial charge on any atom is -0.192 e. The zero-order valence-corrected chi connectivity index (χ0v) is 35.4. The SMILES string of the molecule is CC1c2ccccc2C=CC1c1ccc(-c2ccc3c(C4C=C5C=CCCC5=CC4)c4cc5c(cc4c(-c4ccc6ccccc6c4)c3c2)S(C)(C)c2ccccc2-5)cc1. The number of hydrogen-bond acceptors (Lipinski definition) is 0. The van der Waals surface area contributed by atoms with E-state index in [2.05, 4.69) is 201 Å². The summed E-state index contributed by atoms with van der Waals surface area (Å²) in [6.07, 6.45) is 22.9. The molecule has 12 rings (SSSR count). The van der Waals surface area contributed by atoms with Crippen LogP contribution in [0.25, 0.3) is 71.8 Å². The fraction of sp³-hybridized carbons (Fsp3) is 0.153. The molecule has 0 aromatic heterocycles. The average Bonchev–Trinajstić information content (AvgIpc) is 3.52. The van der Waals surface area contributed by atoms with Crippen LogP contribution in [0.1, 0.15) is 66.2 Å². The van der Waals surface area contributed by atoms with Crippen LogP contribution in [0.4, 0.5) is 0 Å². The van der Waals surface area contributed by atoms with Crippen LogP contribution in [0, 0.1) is 0 Å². The van der Waals surface area contributed by atoms with Crippen molar-refractivity contribution in [2.24, 2.45) is 0 Å². The van der Waals surface area contributed by atoms with Crippen LogP contribution in [0.15, 0.2) is 197 Å². The van der Waals surface area contributed by atoms with E-state index in [9.17, 15) is 0 Å². The van der Waals surface area contributed by atoms with Gasteiger partial charge in [0.05, 0.1) is 0 Å². The summed E-state index contributed by atoms with van der Waals surface area (Å²) in [4.78, 5) is 3.00. The molecule has 1 aliphatic heterocycles. The molecule has 0 saturated heterocycles. The summed E-state index contributed by atoms with van der Waals surface area (Å²) >= 11 is 0. The maximum atomic E-state index is 2.63. The smallest absolute Gasteiger partial charge is 0.00876 e. The van der Waals surface area contributed by atoms with E-state index in [-0.39, 0.29) is 5.92 Å². The van der Waals surface area contributed by atoms with E-state index in [0.717, 1.165) is 19.3 Å². The minimum atomic E-state index is -1.22. The highest BCUT2D eigenvalue weighted by Crippen LogP contribution is 2.68. The minimum absolute atomic E-state index is 0.276. The van der Waals surface area contributed by atoms with Crippen LogP contribution in [-0.2, 0) is 0 Å². The lowest BCUT2D eigenvalue weighted by Crippen LogP contribution is -2.10. The van der Waals surface area contributed by atoms with Crippen molar-refractivity contribution in [3.05, 3.63) is 209 Å². The van der Waals surface area contributed by atoms with Crippen molar-refractivity contribution < 1.29 is 0 Å². The van der Waals surface area contributed by atoms with Gasteiger partial charge < -0.3 is 0 Å². The Morgan fingerprint density at radius 1 is 0.583 bits per heavy atom. The number of allylic oxidation sites excluding steroid dienone is 7. The fourth-order valence-corrected chi connectivity index (χ4v) is 13.7. The van der Waals surface area contributed by atoms with Crippen molar-refractivity contribution in [1.82, 2.24) is 0 Å². The number of benzene rings is 8. The van der Waals surface area contributed by atoms with Gasteiger partial charge in [0.1, 0.15) is 0 Å². The van der Waals surface area contributed by atoms with Crippen LogP contribution in [0.5, 0.6) is 0 Å². The molecule has 3 unspecified atom stereocenters. The molecule has 0 nitrogen and oxygen atoms in total. The highest BCUT2D eigenvalue weighted by Gasteiger charge is 2.34. The number of rotatable bonds is 4. The lowest BCUT2D eigenvalue weighted by molar-refractivity contribution is 0.669. The molecule has 3 atom stereocenters. The summed E-state index contributed by atoms with van der Waals surface area (Å²) in [5.74, 6) is 1.06. The maximum absolute atomic E-state index is 2.63. The Morgan fingerprint density at radius 2 is 1.35 bits per heavy atom. The molecular weight excluding hydrogens is 741 g/mol. The van der Waals surface area contributed by atoms with E-state index >= 15 is 0 Å². The standard InChI is InChI=1S/C59H48S/c1-37-48-17-9-8-14-41(48)28-30-49(37)42-24-20-40(21-25-42)45-29-31-51-53(34-45)59(47-27-23-39-13-5-7-16-44(39)33-47)55-36-57-52(50-18-10-11-19-56(50)60(57,2)3)35-54(55)58(51)46-26-22-38-12-4-6-15-43(38)32-46/h5-11,13-25,27-37,46,49H,4,12,26H2,1-3H3. The summed E-state index contributed by atoms with van der Waals surface area (Å²) in [5, 5.41) is 8.02.